The van der Waals surface area contributed by atoms with Crippen molar-refractivity contribution in [3.63, 3.8) is 0 Å². The molecule has 0 saturated heterocycles. The number of benzene rings is 3. The zero-order valence-corrected chi connectivity index (χ0v) is 19.3. The predicted molar refractivity (Wildman–Crippen MR) is 126 cm³/mol. The van der Waals surface area contributed by atoms with E-state index in [2.05, 4.69) is 5.32 Å². The molecule has 0 aromatic heterocycles. The number of nitrogens with zero attached hydrogens (tertiary/aromatic N) is 1. The van der Waals surface area contributed by atoms with Crippen molar-refractivity contribution >= 4 is 38.9 Å². The average molecular weight is 457 g/mol. The lowest BCUT2D eigenvalue weighted by atomic mass is 10.1. The van der Waals surface area contributed by atoms with E-state index in [-0.39, 0.29) is 11.4 Å². The molecule has 162 valence electrons. The minimum atomic E-state index is -3.95. The largest absolute Gasteiger partial charge is 0.324 e. The Kier molecular flexibility index (Phi) is 7.03. The molecule has 7 heteroatoms. The van der Waals surface area contributed by atoms with E-state index >= 15 is 0 Å². The third kappa shape index (κ3) is 5.27. The van der Waals surface area contributed by atoms with Gasteiger partial charge in [0.2, 0.25) is 5.91 Å². The zero-order valence-electron chi connectivity index (χ0n) is 17.7. The summed E-state index contributed by atoms with van der Waals surface area (Å²) in [6, 6.07) is 19.0. The van der Waals surface area contributed by atoms with Crippen molar-refractivity contribution in [2.45, 2.75) is 32.1 Å². The highest BCUT2D eigenvalue weighted by atomic mass is 35.5. The molecule has 1 amide bonds. The van der Waals surface area contributed by atoms with E-state index in [4.69, 9.17) is 11.6 Å². The van der Waals surface area contributed by atoms with Crippen LogP contribution >= 0.6 is 11.6 Å². The van der Waals surface area contributed by atoms with E-state index in [1.165, 1.54) is 0 Å². The van der Waals surface area contributed by atoms with Crippen molar-refractivity contribution in [1.82, 2.24) is 0 Å². The molecule has 0 unspecified atom stereocenters. The molecule has 0 aliphatic carbocycles. The topological polar surface area (TPSA) is 66.5 Å². The maximum atomic E-state index is 13.4. The molecular formula is C24H25ClN2O3S. The van der Waals surface area contributed by atoms with Crippen molar-refractivity contribution < 1.29 is 13.2 Å². The second-order valence-electron chi connectivity index (χ2n) is 7.31. The summed E-state index contributed by atoms with van der Waals surface area (Å²) in [5, 5.41) is 3.30. The molecule has 0 fully saturated rings. The van der Waals surface area contributed by atoms with E-state index in [1.54, 1.807) is 61.5 Å². The second-order valence-corrected chi connectivity index (χ2v) is 9.57. The molecule has 0 atom stereocenters. The van der Waals surface area contributed by atoms with Gasteiger partial charge in [-0.1, -0.05) is 54.4 Å². The monoisotopic (exact) mass is 456 g/mol. The van der Waals surface area contributed by atoms with Gasteiger partial charge >= 0.3 is 0 Å². The molecule has 3 aromatic carbocycles. The van der Waals surface area contributed by atoms with Crippen molar-refractivity contribution in [1.29, 1.82) is 0 Å². The molecule has 0 saturated carbocycles. The van der Waals surface area contributed by atoms with Crippen LogP contribution < -0.4 is 9.62 Å². The zero-order chi connectivity index (χ0) is 22.6. The van der Waals surface area contributed by atoms with Gasteiger partial charge in [-0.2, -0.15) is 0 Å². The summed E-state index contributed by atoms with van der Waals surface area (Å²) >= 11 is 6.14. The smallest absolute Gasteiger partial charge is 0.264 e. The van der Waals surface area contributed by atoms with Crippen molar-refractivity contribution in [2.24, 2.45) is 0 Å². The number of hydrogen-bond donors (Lipinski definition) is 1. The Hall–Kier alpha value is -2.83. The van der Waals surface area contributed by atoms with Gasteiger partial charge in [0.25, 0.3) is 10.0 Å². The predicted octanol–water partition coefficient (Wildman–Crippen LogP) is 5.35. The Labute approximate surface area is 188 Å². The fourth-order valence-corrected chi connectivity index (χ4v) is 4.71. The van der Waals surface area contributed by atoms with E-state index in [9.17, 15) is 13.2 Å². The molecule has 3 rings (SSSR count). The standard InChI is InChI=1S/C24H25ClN2O3S/c1-4-19-10-12-20(13-11-19)27(31(29,30)21-14-8-17(2)9-15-21)16-24(28)26-23-7-5-6-22(25)18(23)3/h5-15H,4,16H2,1-3H3,(H,26,28). The first-order valence-corrected chi connectivity index (χ1v) is 11.8. The van der Waals surface area contributed by atoms with Crippen molar-refractivity contribution in [3.05, 3.63) is 88.4 Å². The van der Waals surface area contributed by atoms with Crippen LogP contribution in [0.3, 0.4) is 0 Å². The van der Waals surface area contributed by atoms with E-state index in [0.717, 1.165) is 27.4 Å². The summed E-state index contributed by atoms with van der Waals surface area (Å²) in [6.45, 7) is 5.34. The molecule has 0 aliphatic heterocycles. The molecular weight excluding hydrogens is 432 g/mol. The number of carbonyl (C=O) groups is 1. The highest BCUT2D eigenvalue weighted by Gasteiger charge is 2.27. The Morgan fingerprint density at radius 2 is 1.61 bits per heavy atom. The average Bonchev–Trinajstić information content (AvgIpc) is 2.75. The minimum Gasteiger partial charge on any atom is -0.324 e. The van der Waals surface area contributed by atoms with E-state index in [1.807, 2.05) is 26.0 Å². The molecule has 31 heavy (non-hydrogen) atoms. The Morgan fingerprint density at radius 1 is 0.968 bits per heavy atom. The quantitative estimate of drug-likeness (QED) is 0.520. The van der Waals surface area contributed by atoms with Gasteiger partial charge in [0.1, 0.15) is 6.54 Å². The van der Waals surface area contributed by atoms with Gasteiger partial charge in [0, 0.05) is 10.7 Å². The summed E-state index contributed by atoms with van der Waals surface area (Å²) in [5.41, 5.74) is 3.72. The first kappa shape index (κ1) is 22.8. The summed E-state index contributed by atoms with van der Waals surface area (Å²) < 4.78 is 28.0. The molecule has 0 aliphatic rings. The van der Waals surface area contributed by atoms with Crippen LogP contribution in [0.4, 0.5) is 11.4 Å². The number of halogens is 1. The normalized spacial score (nSPS) is 11.2. The summed E-state index contributed by atoms with van der Waals surface area (Å²) in [7, 11) is -3.95. The van der Waals surface area contributed by atoms with E-state index < -0.39 is 15.9 Å². The van der Waals surface area contributed by atoms with Gasteiger partial charge in [-0.25, -0.2) is 8.42 Å². The summed E-state index contributed by atoms with van der Waals surface area (Å²) in [6.07, 6.45) is 0.833. The van der Waals surface area contributed by atoms with Crippen LogP contribution in [0.5, 0.6) is 0 Å². The fraction of sp³-hybridized carbons (Fsp3) is 0.208. The van der Waals surface area contributed by atoms with Gasteiger partial charge in [-0.15, -0.1) is 0 Å². The van der Waals surface area contributed by atoms with Crippen LogP contribution in [0.1, 0.15) is 23.6 Å². The number of aryl methyl sites for hydroxylation is 2. The lowest BCUT2D eigenvalue weighted by Crippen LogP contribution is -2.38. The van der Waals surface area contributed by atoms with Gasteiger partial charge in [-0.05, 0) is 67.8 Å². The lowest BCUT2D eigenvalue weighted by molar-refractivity contribution is -0.114. The third-order valence-electron chi connectivity index (χ3n) is 5.07. The number of hydrogen-bond acceptors (Lipinski definition) is 3. The minimum absolute atomic E-state index is 0.129. The van der Waals surface area contributed by atoms with Crippen molar-refractivity contribution in [3.8, 4) is 0 Å². The molecule has 1 N–H and O–H groups in total. The van der Waals surface area contributed by atoms with Gasteiger partial charge in [0.05, 0.1) is 10.6 Å². The van der Waals surface area contributed by atoms with Gasteiger partial charge in [-0.3, -0.25) is 9.10 Å². The highest BCUT2D eigenvalue weighted by Crippen LogP contribution is 2.26. The third-order valence-corrected chi connectivity index (χ3v) is 7.27. The molecule has 0 spiro atoms. The van der Waals surface area contributed by atoms with Gasteiger partial charge in [0.15, 0.2) is 0 Å². The Bertz CT molecular complexity index is 1170. The number of sulfonamides is 1. The molecule has 3 aromatic rings. The first-order chi connectivity index (χ1) is 14.7. The van der Waals surface area contributed by atoms with Crippen LogP contribution in [0.2, 0.25) is 5.02 Å². The maximum Gasteiger partial charge on any atom is 0.264 e. The number of nitrogens with one attached hydrogen (secondary N) is 1. The fourth-order valence-electron chi connectivity index (χ4n) is 3.11. The van der Waals surface area contributed by atoms with Crippen LogP contribution in [-0.2, 0) is 21.2 Å². The highest BCUT2D eigenvalue weighted by molar-refractivity contribution is 7.92. The lowest BCUT2D eigenvalue weighted by Gasteiger charge is -2.24. The van der Waals surface area contributed by atoms with E-state index in [0.29, 0.717) is 16.4 Å². The van der Waals surface area contributed by atoms with Crippen LogP contribution in [0.15, 0.2) is 71.6 Å². The van der Waals surface area contributed by atoms with Crippen molar-refractivity contribution in [2.75, 3.05) is 16.2 Å². The molecule has 0 heterocycles. The summed E-state index contributed by atoms with van der Waals surface area (Å²) in [5.74, 6) is -0.458. The number of rotatable bonds is 7. The second kappa shape index (κ2) is 9.54. The Morgan fingerprint density at radius 3 is 2.23 bits per heavy atom. The molecule has 0 radical (unpaired) electrons. The van der Waals surface area contributed by atoms with Crippen LogP contribution in [0.25, 0.3) is 0 Å². The SMILES string of the molecule is CCc1ccc(N(CC(=O)Nc2cccc(Cl)c2C)S(=O)(=O)c2ccc(C)cc2)cc1. The summed E-state index contributed by atoms with van der Waals surface area (Å²) in [4.78, 5) is 13.0. The van der Waals surface area contributed by atoms with Crippen LogP contribution in [-0.4, -0.2) is 20.9 Å². The number of carbonyl (C=O) groups excluding carboxylic acids is 1. The van der Waals surface area contributed by atoms with Crippen LogP contribution in [0, 0.1) is 13.8 Å². The molecule has 0 bridgehead atoms. The number of anilines is 2. The maximum absolute atomic E-state index is 13.4. The molecule has 5 nitrogen and oxygen atoms in total. The first-order valence-electron chi connectivity index (χ1n) is 9.95. The number of amides is 1. The Balaban J connectivity index is 1.96. The van der Waals surface area contributed by atoms with Gasteiger partial charge < -0.3 is 5.32 Å².